The van der Waals surface area contributed by atoms with E-state index >= 15 is 0 Å². The lowest BCUT2D eigenvalue weighted by molar-refractivity contribution is 0.0947. The van der Waals surface area contributed by atoms with Gasteiger partial charge in [-0.1, -0.05) is 17.7 Å². The molecule has 3 aromatic rings. The fraction of sp³-hybridized carbons (Fsp3) is 0.0714. The molecule has 20 heavy (non-hydrogen) atoms. The lowest BCUT2D eigenvalue weighted by atomic mass is 10.1. The molecule has 0 bridgehead atoms. The van der Waals surface area contributed by atoms with Gasteiger partial charge < -0.3 is 5.32 Å². The van der Waals surface area contributed by atoms with Gasteiger partial charge >= 0.3 is 0 Å². The van der Waals surface area contributed by atoms with E-state index in [2.05, 4.69) is 10.7 Å². The summed E-state index contributed by atoms with van der Waals surface area (Å²) in [5.41, 5.74) is 1.11. The van der Waals surface area contributed by atoms with Crippen LogP contribution in [-0.2, 0) is 0 Å². The Morgan fingerprint density at radius 2 is 2.10 bits per heavy atom. The van der Waals surface area contributed by atoms with Gasteiger partial charge in [-0.25, -0.2) is 0 Å². The highest BCUT2D eigenvalue weighted by molar-refractivity contribution is 7.18. The number of carbonyl (C=O) groups excluding carboxylic acids is 1. The van der Waals surface area contributed by atoms with Gasteiger partial charge in [0, 0.05) is 4.88 Å². The first-order valence-corrected chi connectivity index (χ1v) is 8.87. The van der Waals surface area contributed by atoms with Crippen LogP contribution in [0.2, 0.25) is 4.34 Å². The van der Waals surface area contributed by atoms with Crippen LogP contribution in [0.15, 0.2) is 46.5 Å². The molecule has 3 aromatic heterocycles. The molecule has 2 nitrogen and oxygen atoms in total. The Morgan fingerprint density at radius 1 is 1.20 bits per heavy atom. The molecule has 3 rings (SSSR count). The lowest BCUT2D eigenvalue weighted by Gasteiger charge is -2.16. The highest BCUT2D eigenvalue weighted by Crippen LogP contribution is 2.29. The minimum absolute atomic E-state index is 0.0912. The molecule has 102 valence electrons. The second kappa shape index (κ2) is 6.10. The Hall–Kier alpha value is -1.14. The largest absolute Gasteiger partial charge is 0.340 e. The molecular formula is C14H10ClNOS3. The van der Waals surface area contributed by atoms with E-state index in [0.29, 0.717) is 9.21 Å². The minimum Gasteiger partial charge on any atom is -0.340 e. The number of rotatable bonds is 4. The number of thiophene rings is 3. The fourth-order valence-corrected chi connectivity index (χ4v) is 4.29. The molecule has 0 unspecified atom stereocenters. The van der Waals surface area contributed by atoms with E-state index in [0.717, 1.165) is 10.4 Å². The number of halogens is 1. The maximum Gasteiger partial charge on any atom is 0.262 e. The quantitative estimate of drug-likeness (QED) is 0.708. The van der Waals surface area contributed by atoms with Crippen molar-refractivity contribution in [3.63, 3.8) is 0 Å². The molecule has 0 radical (unpaired) electrons. The minimum atomic E-state index is -0.102. The van der Waals surface area contributed by atoms with Gasteiger partial charge in [0.05, 0.1) is 15.3 Å². The summed E-state index contributed by atoms with van der Waals surface area (Å²) in [6.07, 6.45) is 0. The number of hydrogen-bond acceptors (Lipinski definition) is 4. The number of hydrogen-bond donors (Lipinski definition) is 1. The third-order valence-corrected chi connectivity index (χ3v) is 5.65. The van der Waals surface area contributed by atoms with Crippen molar-refractivity contribution in [1.82, 2.24) is 5.32 Å². The average molecular weight is 340 g/mol. The molecule has 3 heterocycles. The molecule has 0 aliphatic heterocycles. The predicted molar refractivity (Wildman–Crippen MR) is 87.3 cm³/mol. The summed E-state index contributed by atoms with van der Waals surface area (Å²) in [5.74, 6) is -0.0912. The first kappa shape index (κ1) is 13.8. The van der Waals surface area contributed by atoms with E-state index in [-0.39, 0.29) is 11.9 Å². The Balaban J connectivity index is 1.86. The zero-order valence-electron chi connectivity index (χ0n) is 10.2. The Labute approximate surface area is 133 Å². The highest BCUT2D eigenvalue weighted by Gasteiger charge is 2.19. The molecule has 1 atom stereocenters. The first-order chi connectivity index (χ1) is 9.74. The third-order valence-electron chi connectivity index (χ3n) is 2.78. The summed E-state index contributed by atoms with van der Waals surface area (Å²) in [6, 6.07) is 9.46. The molecular weight excluding hydrogens is 330 g/mol. The van der Waals surface area contributed by atoms with Crippen LogP contribution in [0.1, 0.15) is 26.2 Å². The van der Waals surface area contributed by atoms with Gasteiger partial charge in [-0.15, -0.1) is 22.7 Å². The Morgan fingerprint density at radius 3 is 2.70 bits per heavy atom. The van der Waals surface area contributed by atoms with Crippen molar-refractivity contribution in [1.29, 1.82) is 0 Å². The van der Waals surface area contributed by atoms with Crippen LogP contribution < -0.4 is 5.32 Å². The average Bonchev–Trinajstić information content (AvgIpc) is 3.17. The molecule has 0 aliphatic rings. The fourth-order valence-electron chi connectivity index (χ4n) is 1.85. The molecule has 1 amide bonds. The van der Waals surface area contributed by atoms with E-state index in [1.54, 1.807) is 34.8 Å². The van der Waals surface area contributed by atoms with E-state index in [1.807, 2.05) is 29.0 Å². The zero-order chi connectivity index (χ0) is 13.9. The first-order valence-electron chi connectivity index (χ1n) is 5.86. The van der Waals surface area contributed by atoms with Gasteiger partial charge in [0.1, 0.15) is 0 Å². The van der Waals surface area contributed by atoms with Gasteiger partial charge in [-0.3, -0.25) is 4.79 Å². The number of nitrogens with one attached hydrogen (secondary N) is 1. The van der Waals surface area contributed by atoms with Gasteiger partial charge in [0.2, 0.25) is 0 Å². The van der Waals surface area contributed by atoms with Crippen LogP contribution >= 0.6 is 45.6 Å². The third kappa shape index (κ3) is 2.96. The van der Waals surface area contributed by atoms with Gasteiger partial charge in [0.15, 0.2) is 0 Å². The van der Waals surface area contributed by atoms with Crippen LogP contribution in [0, 0.1) is 0 Å². The van der Waals surface area contributed by atoms with Crippen molar-refractivity contribution in [2.24, 2.45) is 0 Å². The molecule has 0 aliphatic carbocycles. The van der Waals surface area contributed by atoms with Crippen LogP contribution in [0.5, 0.6) is 0 Å². The van der Waals surface area contributed by atoms with Crippen LogP contribution in [0.25, 0.3) is 0 Å². The van der Waals surface area contributed by atoms with Crippen molar-refractivity contribution >= 4 is 51.5 Å². The SMILES string of the molecule is O=C(N[C@H](c1ccsc1)c1cccs1)c1ccc(Cl)s1. The van der Waals surface area contributed by atoms with Crippen molar-refractivity contribution in [2.45, 2.75) is 6.04 Å². The molecule has 0 fully saturated rings. The summed E-state index contributed by atoms with van der Waals surface area (Å²) < 4.78 is 0.623. The second-order valence-corrected chi connectivity index (χ2v) is 7.56. The van der Waals surface area contributed by atoms with E-state index < -0.39 is 0 Å². The van der Waals surface area contributed by atoms with Gasteiger partial charge in [-0.2, -0.15) is 11.3 Å². The maximum absolute atomic E-state index is 12.3. The molecule has 0 saturated heterocycles. The lowest BCUT2D eigenvalue weighted by Crippen LogP contribution is -2.27. The van der Waals surface area contributed by atoms with Crippen LogP contribution in [0.4, 0.5) is 0 Å². The summed E-state index contributed by atoms with van der Waals surface area (Å²) >= 11 is 10.4. The predicted octanol–water partition coefficient (Wildman–Crippen LogP) is 5.04. The van der Waals surface area contributed by atoms with E-state index in [4.69, 9.17) is 11.6 Å². The Kier molecular flexibility index (Phi) is 4.21. The summed E-state index contributed by atoms with van der Waals surface area (Å²) in [4.78, 5) is 14.1. The summed E-state index contributed by atoms with van der Waals surface area (Å²) in [7, 11) is 0. The van der Waals surface area contributed by atoms with E-state index in [1.165, 1.54) is 11.3 Å². The molecule has 1 N–H and O–H groups in total. The van der Waals surface area contributed by atoms with Crippen molar-refractivity contribution < 1.29 is 4.79 Å². The standard InChI is InChI=1S/C14H10ClNOS3/c15-12-4-3-11(20-12)14(17)16-13(9-5-7-18-8-9)10-2-1-6-19-10/h1-8,13H,(H,16,17)/t13-/m1/s1. The van der Waals surface area contributed by atoms with Crippen molar-refractivity contribution in [3.8, 4) is 0 Å². The number of carbonyl (C=O) groups is 1. The Bertz CT molecular complexity index is 654. The smallest absolute Gasteiger partial charge is 0.262 e. The molecule has 0 saturated carbocycles. The summed E-state index contributed by atoms with van der Waals surface area (Å²) in [5, 5.41) is 9.18. The molecule has 0 aromatic carbocycles. The van der Waals surface area contributed by atoms with Crippen LogP contribution in [0.3, 0.4) is 0 Å². The zero-order valence-corrected chi connectivity index (χ0v) is 13.4. The molecule has 0 spiro atoms. The number of amides is 1. The molecule has 6 heteroatoms. The second-order valence-electron chi connectivity index (χ2n) is 4.08. The van der Waals surface area contributed by atoms with E-state index in [9.17, 15) is 4.79 Å². The monoisotopic (exact) mass is 339 g/mol. The normalized spacial score (nSPS) is 12.2. The van der Waals surface area contributed by atoms with Gasteiger partial charge in [0.25, 0.3) is 5.91 Å². The van der Waals surface area contributed by atoms with Crippen molar-refractivity contribution in [2.75, 3.05) is 0 Å². The van der Waals surface area contributed by atoms with Crippen LogP contribution in [-0.4, -0.2) is 5.91 Å². The maximum atomic E-state index is 12.3. The van der Waals surface area contributed by atoms with Crippen molar-refractivity contribution in [3.05, 3.63) is 66.1 Å². The van der Waals surface area contributed by atoms with Gasteiger partial charge in [-0.05, 0) is 46.0 Å². The highest BCUT2D eigenvalue weighted by atomic mass is 35.5. The summed E-state index contributed by atoms with van der Waals surface area (Å²) in [6.45, 7) is 0. The topological polar surface area (TPSA) is 29.1 Å².